The molecule has 6 nitrogen and oxygen atoms in total. The third kappa shape index (κ3) is 3.70. The molecule has 0 radical (unpaired) electrons. The van der Waals surface area contributed by atoms with Crippen LogP contribution in [0.4, 0.5) is 4.79 Å². The average Bonchev–Trinajstić information content (AvgIpc) is 2.72. The van der Waals surface area contributed by atoms with Crippen molar-refractivity contribution in [2.45, 2.75) is 59.4 Å². The smallest absolute Gasteiger partial charge is 0.331 e. The second-order valence-electron chi connectivity index (χ2n) is 8.95. The summed E-state index contributed by atoms with van der Waals surface area (Å²) < 4.78 is 5.46. The number of urea groups is 1. The lowest BCUT2D eigenvalue weighted by Crippen LogP contribution is -2.54. The number of nitrogens with zero attached hydrogens (tertiary/aromatic N) is 1. The molecule has 2 aliphatic rings. The summed E-state index contributed by atoms with van der Waals surface area (Å²) in [5.41, 5.74) is 0.715. The zero-order valence-corrected chi connectivity index (χ0v) is 16.7. The zero-order valence-electron chi connectivity index (χ0n) is 16.7. The summed E-state index contributed by atoms with van der Waals surface area (Å²) in [6.45, 7) is 9.64. The van der Waals surface area contributed by atoms with Crippen LogP contribution in [-0.4, -0.2) is 34.9 Å². The first-order valence-electron chi connectivity index (χ1n) is 9.44. The van der Waals surface area contributed by atoms with E-state index in [1.807, 2.05) is 32.0 Å². The summed E-state index contributed by atoms with van der Waals surface area (Å²) in [5.74, 6) is -0.127. The van der Waals surface area contributed by atoms with Gasteiger partial charge in [-0.2, -0.15) is 0 Å². The molecule has 1 heterocycles. The van der Waals surface area contributed by atoms with Gasteiger partial charge in [-0.15, -0.1) is 0 Å². The van der Waals surface area contributed by atoms with Crippen molar-refractivity contribution in [2.75, 3.05) is 6.54 Å². The third-order valence-corrected chi connectivity index (χ3v) is 5.54. The van der Waals surface area contributed by atoms with Crippen LogP contribution < -0.4 is 10.1 Å². The number of nitrogens with one attached hydrogen (secondary N) is 1. The van der Waals surface area contributed by atoms with Gasteiger partial charge in [0.25, 0.3) is 5.91 Å². The molecule has 146 valence electrons. The maximum Gasteiger partial charge on any atom is 0.331 e. The van der Waals surface area contributed by atoms with Crippen molar-refractivity contribution in [1.82, 2.24) is 10.2 Å². The monoisotopic (exact) mass is 372 g/mol. The van der Waals surface area contributed by atoms with Gasteiger partial charge in [0.05, 0.1) is 0 Å². The fourth-order valence-corrected chi connectivity index (χ4v) is 4.88. The van der Waals surface area contributed by atoms with Gasteiger partial charge in [0, 0.05) is 0 Å². The Bertz CT molecular complexity index is 781. The Morgan fingerprint density at radius 3 is 2.44 bits per heavy atom. The Labute approximate surface area is 160 Å². The molecule has 1 saturated heterocycles. The number of carbonyl (C=O) groups is 3. The zero-order chi connectivity index (χ0) is 20.0. The summed E-state index contributed by atoms with van der Waals surface area (Å²) in [6.07, 6.45) is 2.19. The topological polar surface area (TPSA) is 75.7 Å². The molecular formula is C21H28N2O4. The number of ether oxygens (including phenoxy) is 1. The highest BCUT2D eigenvalue weighted by Gasteiger charge is 2.56. The first-order valence-corrected chi connectivity index (χ1v) is 9.44. The molecule has 2 atom stereocenters. The van der Waals surface area contributed by atoms with Crippen LogP contribution in [0.15, 0.2) is 18.2 Å². The predicted molar refractivity (Wildman–Crippen MR) is 101 cm³/mol. The third-order valence-electron chi connectivity index (χ3n) is 5.54. The number of para-hydroxylation sites is 1. The molecule has 1 aliphatic heterocycles. The number of amides is 3. The van der Waals surface area contributed by atoms with Gasteiger partial charge in [0.1, 0.15) is 17.8 Å². The molecule has 3 rings (SSSR count). The summed E-state index contributed by atoms with van der Waals surface area (Å²) >= 11 is 0. The van der Waals surface area contributed by atoms with Gasteiger partial charge in [-0.1, -0.05) is 39.0 Å². The van der Waals surface area contributed by atoms with Gasteiger partial charge in [-0.05, 0) is 55.6 Å². The minimum atomic E-state index is -0.906. The van der Waals surface area contributed by atoms with E-state index in [9.17, 15) is 14.4 Å². The molecule has 0 aromatic heterocycles. The summed E-state index contributed by atoms with van der Waals surface area (Å²) in [4.78, 5) is 39.0. The van der Waals surface area contributed by atoms with Crippen LogP contribution in [0, 0.1) is 25.2 Å². The van der Waals surface area contributed by atoms with E-state index in [0.717, 1.165) is 22.4 Å². The molecule has 2 fully saturated rings. The number of esters is 1. The van der Waals surface area contributed by atoms with Crippen molar-refractivity contribution in [1.29, 1.82) is 0 Å². The normalized spacial score (nSPS) is 27.0. The van der Waals surface area contributed by atoms with E-state index in [1.165, 1.54) is 0 Å². The summed E-state index contributed by atoms with van der Waals surface area (Å²) in [6, 6.07) is 5.08. The molecular weight excluding hydrogens is 344 g/mol. The van der Waals surface area contributed by atoms with Gasteiger partial charge in [0.15, 0.2) is 0 Å². The number of carbonyl (C=O) groups excluding carboxylic acids is 3. The highest BCUT2D eigenvalue weighted by Crippen LogP contribution is 2.46. The molecule has 6 heteroatoms. The van der Waals surface area contributed by atoms with E-state index in [-0.39, 0.29) is 17.9 Å². The van der Waals surface area contributed by atoms with Crippen LogP contribution in [0.1, 0.15) is 51.2 Å². The van der Waals surface area contributed by atoms with Crippen molar-refractivity contribution in [3.8, 4) is 5.75 Å². The van der Waals surface area contributed by atoms with Gasteiger partial charge < -0.3 is 10.1 Å². The number of benzene rings is 1. The van der Waals surface area contributed by atoms with Crippen LogP contribution in [-0.2, 0) is 9.59 Å². The predicted octanol–water partition coefficient (Wildman–Crippen LogP) is 3.35. The minimum Gasteiger partial charge on any atom is -0.425 e. The van der Waals surface area contributed by atoms with Crippen LogP contribution >= 0.6 is 0 Å². The van der Waals surface area contributed by atoms with Crippen molar-refractivity contribution in [2.24, 2.45) is 11.3 Å². The van der Waals surface area contributed by atoms with Gasteiger partial charge in [-0.3, -0.25) is 9.69 Å². The lowest BCUT2D eigenvalue weighted by atomic mass is 9.64. The van der Waals surface area contributed by atoms with Crippen LogP contribution in [0.2, 0.25) is 0 Å². The fourth-order valence-electron chi connectivity index (χ4n) is 4.88. The van der Waals surface area contributed by atoms with Crippen LogP contribution in [0.25, 0.3) is 0 Å². The van der Waals surface area contributed by atoms with E-state index in [1.54, 1.807) is 0 Å². The quantitative estimate of drug-likeness (QED) is 0.502. The fraction of sp³-hybridized carbons (Fsp3) is 0.571. The van der Waals surface area contributed by atoms with Crippen LogP contribution in [0.5, 0.6) is 5.75 Å². The SMILES string of the molecule is Cc1cccc(C)c1OC(=O)CN1C(=O)N[C@@]2(C[C@H](C)CC(C)(C)C2)C1=O. The van der Waals surface area contributed by atoms with Crippen LogP contribution in [0.3, 0.4) is 0 Å². The highest BCUT2D eigenvalue weighted by molar-refractivity contribution is 6.08. The molecule has 27 heavy (non-hydrogen) atoms. The molecule has 0 unspecified atom stereocenters. The molecule has 1 aliphatic carbocycles. The Hall–Kier alpha value is -2.37. The Morgan fingerprint density at radius 2 is 1.85 bits per heavy atom. The van der Waals surface area contributed by atoms with Gasteiger partial charge in [-0.25, -0.2) is 9.59 Å². The first kappa shape index (κ1) is 19.4. The number of rotatable bonds is 3. The largest absolute Gasteiger partial charge is 0.425 e. The Balaban J connectivity index is 1.75. The molecule has 1 spiro atoms. The van der Waals surface area contributed by atoms with E-state index < -0.39 is 17.5 Å². The van der Waals surface area contributed by atoms with E-state index in [2.05, 4.69) is 26.1 Å². The van der Waals surface area contributed by atoms with E-state index >= 15 is 0 Å². The van der Waals surface area contributed by atoms with Crippen molar-refractivity contribution in [3.05, 3.63) is 29.3 Å². The van der Waals surface area contributed by atoms with Crippen molar-refractivity contribution < 1.29 is 19.1 Å². The standard InChI is InChI=1S/C21H28N2O4/c1-13-9-20(4,5)12-21(10-13)18(25)23(19(26)22-21)11-16(24)27-17-14(2)7-6-8-15(17)3/h6-8,13H,9-12H2,1-5H3,(H,22,26)/t13-,21-/m1/s1. The number of hydrogen-bond donors (Lipinski definition) is 1. The summed E-state index contributed by atoms with van der Waals surface area (Å²) in [7, 11) is 0. The molecule has 3 amide bonds. The average molecular weight is 372 g/mol. The Kier molecular flexibility index (Phi) is 4.78. The summed E-state index contributed by atoms with van der Waals surface area (Å²) in [5, 5.41) is 2.88. The Morgan fingerprint density at radius 1 is 1.22 bits per heavy atom. The second kappa shape index (κ2) is 6.66. The first-order chi connectivity index (χ1) is 12.5. The van der Waals surface area contributed by atoms with E-state index in [0.29, 0.717) is 24.5 Å². The number of aryl methyl sites for hydroxylation is 2. The number of hydrogen-bond acceptors (Lipinski definition) is 4. The molecule has 0 bridgehead atoms. The van der Waals surface area contributed by atoms with E-state index in [4.69, 9.17) is 4.74 Å². The molecule has 1 aromatic rings. The van der Waals surface area contributed by atoms with Crippen molar-refractivity contribution >= 4 is 17.9 Å². The van der Waals surface area contributed by atoms with Gasteiger partial charge >= 0.3 is 12.0 Å². The molecule has 1 N–H and O–H groups in total. The lowest BCUT2D eigenvalue weighted by molar-refractivity contribution is -0.142. The van der Waals surface area contributed by atoms with Crippen molar-refractivity contribution in [3.63, 3.8) is 0 Å². The highest BCUT2D eigenvalue weighted by atomic mass is 16.5. The lowest BCUT2D eigenvalue weighted by Gasteiger charge is -2.43. The molecule has 1 saturated carbocycles. The van der Waals surface area contributed by atoms with Gasteiger partial charge in [0.2, 0.25) is 0 Å². The maximum absolute atomic E-state index is 13.1. The minimum absolute atomic E-state index is 0.0462. The number of imide groups is 1. The maximum atomic E-state index is 13.1. The second-order valence-corrected chi connectivity index (χ2v) is 8.95. The molecule has 1 aromatic carbocycles.